The van der Waals surface area contributed by atoms with Gasteiger partial charge in [0.1, 0.15) is 17.9 Å². The Morgan fingerprint density at radius 2 is 1.97 bits per heavy atom. The zero-order chi connectivity index (χ0) is 19.3. The molecule has 0 spiro atoms. The van der Waals surface area contributed by atoms with Crippen molar-refractivity contribution in [2.24, 2.45) is 0 Å². The first-order valence-electron chi connectivity index (χ1n) is 8.69. The second kappa shape index (κ2) is 8.65. The summed E-state index contributed by atoms with van der Waals surface area (Å²) in [5, 5.41) is 9.30. The number of ether oxygens (including phenoxy) is 1. The Morgan fingerprint density at radius 3 is 2.55 bits per heavy atom. The van der Waals surface area contributed by atoms with Crippen molar-refractivity contribution >= 4 is 58.8 Å². The smallest absolute Gasteiger partial charge is 0.164 e. The van der Waals surface area contributed by atoms with Crippen LogP contribution in [0.5, 0.6) is 5.75 Å². The molecule has 0 fully saturated rings. The zero-order valence-corrected chi connectivity index (χ0v) is 18.9. The number of anilines is 1. The quantitative estimate of drug-likeness (QED) is 0.613. The lowest BCUT2D eigenvalue weighted by atomic mass is 9.92. The van der Waals surface area contributed by atoms with Gasteiger partial charge >= 0.3 is 0 Å². The third kappa shape index (κ3) is 3.58. The fraction of sp³-hybridized carbons (Fsp3) is 0.316. The summed E-state index contributed by atoms with van der Waals surface area (Å²) in [4.78, 5) is 8.49. The molecule has 0 radical (unpaired) electrons. The lowest BCUT2D eigenvalue weighted by Gasteiger charge is -2.26. The van der Waals surface area contributed by atoms with Crippen molar-refractivity contribution in [3.8, 4) is 5.75 Å². The molecule has 1 aliphatic rings. The Balaban J connectivity index is 0.00000150. The van der Waals surface area contributed by atoms with E-state index in [1.807, 2.05) is 37.7 Å². The second-order valence-corrected chi connectivity index (χ2v) is 7.10. The molecule has 3 heterocycles. The number of nitrogens with two attached hydrogens (primary N) is 1. The van der Waals surface area contributed by atoms with E-state index >= 15 is 0 Å². The standard InChI is InChI=1S/C19H21ClN6O.2ClH/c1-9-14(20)5-13(17(27-4)15(9)12-6-22-7-12)11(3)26-19-16(10(2)25-26)18(21)23-8-24-19;;/h5-6,8,11,22H,7H2,1-4H3,(H2,21,23,24);2*1H. The van der Waals surface area contributed by atoms with Gasteiger partial charge in [0.2, 0.25) is 0 Å². The molecule has 2 aromatic heterocycles. The summed E-state index contributed by atoms with van der Waals surface area (Å²) >= 11 is 6.57. The molecular weight excluding hydrogens is 435 g/mol. The van der Waals surface area contributed by atoms with Crippen molar-refractivity contribution in [2.45, 2.75) is 26.8 Å². The van der Waals surface area contributed by atoms with Gasteiger partial charge < -0.3 is 15.8 Å². The normalized spacial score (nSPS) is 13.5. The molecule has 0 amide bonds. The highest BCUT2D eigenvalue weighted by Crippen LogP contribution is 2.42. The number of hydrogen-bond acceptors (Lipinski definition) is 6. The molecule has 3 N–H and O–H groups in total. The van der Waals surface area contributed by atoms with Crippen LogP contribution in [0.25, 0.3) is 16.6 Å². The molecule has 1 atom stereocenters. The van der Waals surface area contributed by atoms with Crippen molar-refractivity contribution in [2.75, 3.05) is 19.4 Å². The number of methoxy groups -OCH3 is 1. The molecule has 7 nitrogen and oxygen atoms in total. The van der Waals surface area contributed by atoms with Gasteiger partial charge in [0.25, 0.3) is 0 Å². The van der Waals surface area contributed by atoms with Crippen LogP contribution in [0.3, 0.4) is 0 Å². The number of fused-ring (bicyclic) bond motifs is 1. The van der Waals surface area contributed by atoms with Gasteiger partial charge in [0, 0.05) is 28.9 Å². The van der Waals surface area contributed by atoms with Gasteiger partial charge in [-0.15, -0.1) is 24.8 Å². The Kier molecular flexibility index (Phi) is 6.88. The number of benzene rings is 1. The van der Waals surface area contributed by atoms with Gasteiger partial charge in [-0.25, -0.2) is 14.6 Å². The van der Waals surface area contributed by atoms with Crippen LogP contribution in [0, 0.1) is 13.8 Å². The molecule has 0 saturated carbocycles. The number of nitrogen functional groups attached to an aromatic ring is 1. The number of aromatic nitrogens is 4. The minimum Gasteiger partial charge on any atom is -0.496 e. The van der Waals surface area contributed by atoms with E-state index in [0.29, 0.717) is 16.5 Å². The number of rotatable bonds is 4. The summed E-state index contributed by atoms with van der Waals surface area (Å²) in [5.74, 6) is 1.23. The number of hydrogen-bond donors (Lipinski definition) is 2. The minimum absolute atomic E-state index is 0. The van der Waals surface area contributed by atoms with Crippen molar-refractivity contribution in [3.05, 3.63) is 46.0 Å². The van der Waals surface area contributed by atoms with Crippen LogP contribution in [0.15, 0.2) is 18.6 Å². The highest BCUT2D eigenvalue weighted by molar-refractivity contribution is 6.31. The third-order valence-corrected chi connectivity index (χ3v) is 5.50. The van der Waals surface area contributed by atoms with Gasteiger partial charge in [-0.05, 0) is 38.0 Å². The zero-order valence-electron chi connectivity index (χ0n) is 16.5. The summed E-state index contributed by atoms with van der Waals surface area (Å²) in [5.41, 5.74) is 11.7. The fourth-order valence-electron chi connectivity index (χ4n) is 3.60. The molecule has 0 bridgehead atoms. The van der Waals surface area contributed by atoms with Crippen LogP contribution >= 0.6 is 36.4 Å². The largest absolute Gasteiger partial charge is 0.496 e. The molecule has 1 unspecified atom stereocenters. The van der Waals surface area contributed by atoms with Gasteiger partial charge in [0.05, 0.1) is 24.2 Å². The highest BCUT2D eigenvalue weighted by atomic mass is 35.5. The summed E-state index contributed by atoms with van der Waals surface area (Å²) in [6.45, 7) is 6.75. The Hall–Kier alpha value is -2.22. The van der Waals surface area contributed by atoms with E-state index in [2.05, 4.69) is 20.4 Å². The Labute approximate surface area is 186 Å². The number of nitrogens with zero attached hydrogens (tertiary/aromatic N) is 4. The molecular formula is C19H23Cl3N6O. The van der Waals surface area contributed by atoms with Crippen LogP contribution in [0.4, 0.5) is 5.82 Å². The van der Waals surface area contributed by atoms with Crippen molar-refractivity contribution < 1.29 is 4.74 Å². The number of nitrogens with one attached hydrogen (secondary N) is 1. The van der Waals surface area contributed by atoms with E-state index in [1.54, 1.807) is 7.11 Å². The van der Waals surface area contributed by atoms with E-state index in [1.165, 1.54) is 11.9 Å². The fourth-order valence-corrected chi connectivity index (χ4v) is 3.81. The SMILES string of the molecule is COc1c(C(C)n2nc(C)c3c(N)ncnc32)cc(Cl)c(C)c1C1=CNC1.Cl.Cl. The van der Waals surface area contributed by atoms with E-state index in [0.717, 1.165) is 40.1 Å². The van der Waals surface area contributed by atoms with Crippen LogP contribution in [-0.4, -0.2) is 33.4 Å². The molecule has 0 saturated heterocycles. The van der Waals surface area contributed by atoms with Crippen molar-refractivity contribution in [1.29, 1.82) is 0 Å². The lowest BCUT2D eigenvalue weighted by Crippen LogP contribution is -2.22. The average Bonchev–Trinajstić information content (AvgIpc) is 2.94. The Morgan fingerprint density at radius 1 is 1.28 bits per heavy atom. The first-order chi connectivity index (χ1) is 12.9. The maximum atomic E-state index is 6.57. The van der Waals surface area contributed by atoms with E-state index in [4.69, 9.17) is 22.1 Å². The molecule has 1 aromatic carbocycles. The van der Waals surface area contributed by atoms with Crippen LogP contribution < -0.4 is 15.8 Å². The molecule has 0 aliphatic carbocycles. The first kappa shape index (κ1) is 23.1. The molecule has 1 aliphatic heterocycles. The second-order valence-electron chi connectivity index (χ2n) is 6.69. The average molecular weight is 458 g/mol. The summed E-state index contributed by atoms with van der Waals surface area (Å²) < 4.78 is 7.68. The topological polar surface area (TPSA) is 90.9 Å². The van der Waals surface area contributed by atoms with E-state index in [-0.39, 0.29) is 30.9 Å². The summed E-state index contributed by atoms with van der Waals surface area (Å²) in [7, 11) is 1.68. The van der Waals surface area contributed by atoms with Crippen molar-refractivity contribution in [1.82, 2.24) is 25.1 Å². The molecule has 4 rings (SSSR count). The van der Waals surface area contributed by atoms with Crippen LogP contribution in [-0.2, 0) is 0 Å². The molecule has 10 heteroatoms. The molecule has 3 aromatic rings. The van der Waals surface area contributed by atoms with Gasteiger partial charge in [-0.3, -0.25) is 0 Å². The lowest BCUT2D eigenvalue weighted by molar-refractivity contribution is 0.399. The van der Waals surface area contributed by atoms with Gasteiger partial charge in [0.15, 0.2) is 5.65 Å². The van der Waals surface area contributed by atoms with Gasteiger partial charge in [-0.2, -0.15) is 5.10 Å². The van der Waals surface area contributed by atoms with Crippen LogP contribution in [0.2, 0.25) is 5.02 Å². The summed E-state index contributed by atoms with van der Waals surface area (Å²) in [6.07, 6.45) is 3.44. The highest BCUT2D eigenvalue weighted by Gasteiger charge is 2.26. The minimum atomic E-state index is -0.157. The van der Waals surface area contributed by atoms with Crippen LogP contribution in [0.1, 0.15) is 35.3 Å². The van der Waals surface area contributed by atoms with Gasteiger partial charge in [-0.1, -0.05) is 11.6 Å². The van der Waals surface area contributed by atoms with E-state index < -0.39 is 0 Å². The maximum absolute atomic E-state index is 6.57. The van der Waals surface area contributed by atoms with E-state index in [9.17, 15) is 0 Å². The molecule has 156 valence electrons. The third-order valence-electron chi connectivity index (χ3n) is 5.11. The number of aryl methyl sites for hydroxylation is 1. The monoisotopic (exact) mass is 456 g/mol. The summed E-state index contributed by atoms with van der Waals surface area (Å²) in [6, 6.07) is 1.79. The predicted molar refractivity (Wildman–Crippen MR) is 122 cm³/mol. The Bertz CT molecular complexity index is 1100. The molecule has 29 heavy (non-hydrogen) atoms. The van der Waals surface area contributed by atoms with Crippen molar-refractivity contribution in [3.63, 3.8) is 0 Å². The first-order valence-corrected chi connectivity index (χ1v) is 9.06. The number of halogens is 3. The maximum Gasteiger partial charge on any atom is 0.164 e. The predicted octanol–water partition coefficient (Wildman–Crippen LogP) is 4.08.